The highest BCUT2D eigenvalue weighted by Gasteiger charge is 2.21. The van der Waals surface area contributed by atoms with Crippen molar-refractivity contribution in [2.45, 2.75) is 38.8 Å². The second kappa shape index (κ2) is 8.21. The first-order valence-corrected chi connectivity index (χ1v) is 9.63. The zero-order valence-corrected chi connectivity index (χ0v) is 16.0. The van der Waals surface area contributed by atoms with Gasteiger partial charge in [-0.25, -0.2) is 4.68 Å². The summed E-state index contributed by atoms with van der Waals surface area (Å²) in [4.78, 5) is 14.4. The molecular formula is C21H24N6O. The normalized spacial score (nSPS) is 13.6. The van der Waals surface area contributed by atoms with E-state index in [-0.39, 0.29) is 5.91 Å². The quantitative estimate of drug-likeness (QED) is 0.717. The van der Waals surface area contributed by atoms with Crippen molar-refractivity contribution < 1.29 is 4.79 Å². The number of hydrogen-bond donors (Lipinski definition) is 1. The number of fused-ring (bicyclic) bond motifs is 1. The molecule has 1 aliphatic carbocycles. The van der Waals surface area contributed by atoms with Crippen molar-refractivity contribution in [1.29, 1.82) is 0 Å². The zero-order chi connectivity index (χ0) is 19.3. The lowest BCUT2D eigenvalue weighted by Gasteiger charge is -2.16. The van der Waals surface area contributed by atoms with Crippen LogP contribution in [0, 0.1) is 0 Å². The number of aromatic nitrogens is 5. The minimum Gasteiger partial charge on any atom is -0.334 e. The number of nitrogens with one attached hydrogen (secondary N) is 1. The predicted octanol–water partition coefficient (Wildman–Crippen LogP) is 2.87. The molecule has 1 aliphatic rings. The Labute approximate surface area is 164 Å². The number of benzene rings is 1. The van der Waals surface area contributed by atoms with Crippen molar-refractivity contribution in [3.63, 3.8) is 0 Å². The number of carbonyl (C=O) groups excluding carboxylic acids is 1. The summed E-state index contributed by atoms with van der Waals surface area (Å²) >= 11 is 0. The van der Waals surface area contributed by atoms with Crippen molar-refractivity contribution in [3.8, 4) is 0 Å². The van der Waals surface area contributed by atoms with Gasteiger partial charge in [-0.3, -0.25) is 9.89 Å². The first kappa shape index (κ1) is 18.2. The van der Waals surface area contributed by atoms with Gasteiger partial charge in [0, 0.05) is 12.7 Å². The van der Waals surface area contributed by atoms with Crippen LogP contribution >= 0.6 is 0 Å². The van der Waals surface area contributed by atoms with Gasteiger partial charge in [0.1, 0.15) is 0 Å². The maximum absolute atomic E-state index is 12.7. The van der Waals surface area contributed by atoms with Gasteiger partial charge in [-0.15, -0.1) is 5.10 Å². The molecule has 0 saturated carbocycles. The summed E-state index contributed by atoms with van der Waals surface area (Å²) in [5.74, 6) is -0.147. The minimum atomic E-state index is -0.147. The van der Waals surface area contributed by atoms with E-state index < -0.39 is 0 Å². The maximum Gasteiger partial charge on any atom is 0.276 e. The topological polar surface area (TPSA) is 79.7 Å². The van der Waals surface area contributed by atoms with Crippen LogP contribution in [-0.2, 0) is 25.9 Å². The first-order valence-electron chi connectivity index (χ1n) is 9.63. The van der Waals surface area contributed by atoms with Crippen LogP contribution in [0.4, 0.5) is 0 Å². The Morgan fingerprint density at radius 3 is 2.93 bits per heavy atom. The molecule has 7 heteroatoms. The molecule has 0 saturated heterocycles. The summed E-state index contributed by atoms with van der Waals surface area (Å²) < 4.78 is 1.66. The Hall–Kier alpha value is -3.22. The number of aryl methyl sites for hydroxylation is 1. The first-order chi connectivity index (χ1) is 13.7. The summed E-state index contributed by atoms with van der Waals surface area (Å²) in [6.07, 6.45) is 10.2. The van der Waals surface area contributed by atoms with Crippen LogP contribution in [0.3, 0.4) is 0 Å². The summed E-state index contributed by atoms with van der Waals surface area (Å²) in [7, 11) is 1.78. The number of nitrogens with zero attached hydrogens (tertiary/aromatic N) is 5. The van der Waals surface area contributed by atoms with Gasteiger partial charge in [0.25, 0.3) is 5.91 Å². The van der Waals surface area contributed by atoms with Crippen molar-refractivity contribution in [3.05, 3.63) is 70.8 Å². The molecule has 2 heterocycles. The molecule has 0 unspecified atom stereocenters. The van der Waals surface area contributed by atoms with Gasteiger partial charge in [-0.1, -0.05) is 47.7 Å². The van der Waals surface area contributed by atoms with Gasteiger partial charge in [-0.05, 0) is 36.8 Å². The van der Waals surface area contributed by atoms with Crippen LogP contribution in [0.1, 0.15) is 45.8 Å². The van der Waals surface area contributed by atoms with Gasteiger partial charge in [0.15, 0.2) is 5.69 Å². The molecule has 144 valence electrons. The molecule has 0 atom stereocenters. The van der Waals surface area contributed by atoms with Crippen molar-refractivity contribution in [2.75, 3.05) is 7.05 Å². The molecule has 2 aromatic heterocycles. The number of hydrogen-bond acceptors (Lipinski definition) is 4. The van der Waals surface area contributed by atoms with Crippen LogP contribution in [-0.4, -0.2) is 43.0 Å². The molecule has 0 bridgehead atoms. The highest BCUT2D eigenvalue weighted by molar-refractivity contribution is 5.91. The number of rotatable bonds is 6. The molecule has 7 nitrogen and oxygen atoms in total. The van der Waals surface area contributed by atoms with E-state index in [1.54, 1.807) is 22.8 Å². The van der Waals surface area contributed by atoms with Gasteiger partial charge in [-0.2, -0.15) is 5.10 Å². The Morgan fingerprint density at radius 1 is 1.25 bits per heavy atom. The van der Waals surface area contributed by atoms with E-state index in [1.807, 2.05) is 42.5 Å². The monoisotopic (exact) mass is 376 g/mol. The smallest absolute Gasteiger partial charge is 0.276 e. The molecule has 1 aromatic carbocycles. The fraction of sp³-hybridized carbons (Fsp3) is 0.333. The standard InChI is InChI=1S/C21H24N6O/c1-26(14-19-17-11-5-6-12-18(17)22-23-19)21(28)20-15-27(25-24-20)13-7-10-16-8-3-2-4-9-16/h2-4,7-10,15H,5-6,11-14H2,1H3,(H,22,23). The Morgan fingerprint density at radius 2 is 2.07 bits per heavy atom. The van der Waals surface area contributed by atoms with Gasteiger partial charge in [0.2, 0.25) is 0 Å². The molecule has 1 amide bonds. The lowest BCUT2D eigenvalue weighted by atomic mass is 9.96. The van der Waals surface area contributed by atoms with Crippen LogP contribution in [0.25, 0.3) is 6.08 Å². The van der Waals surface area contributed by atoms with E-state index >= 15 is 0 Å². The fourth-order valence-electron chi connectivity index (χ4n) is 3.52. The third kappa shape index (κ3) is 4.03. The molecule has 1 N–H and O–H groups in total. The van der Waals surface area contributed by atoms with Gasteiger partial charge >= 0.3 is 0 Å². The van der Waals surface area contributed by atoms with Crippen molar-refractivity contribution >= 4 is 12.0 Å². The highest BCUT2D eigenvalue weighted by atomic mass is 16.2. The third-order valence-corrected chi connectivity index (χ3v) is 5.04. The SMILES string of the molecule is CN(Cc1n[nH]c2c1CCCC2)C(=O)c1cn(CC=Cc2ccccc2)nn1. The number of H-pyrrole nitrogens is 1. The molecule has 0 spiro atoms. The van der Waals surface area contributed by atoms with E-state index in [1.165, 1.54) is 24.1 Å². The Kier molecular flexibility index (Phi) is 5.32. The Bertz CT molecular complexity index is 972. The Balaban J connectivity index is 1.37. The van der Waals surface area contributed by atoms with Crippen LogP contribution in [0.15, 0.2) is 42.6 Å². The molecule has 0 aliphatic heterocycles. The van der Waals surface area contributed by atoms with Crippen LogP contribution in [0.2, 0.25) is 0 Å². The number of carbonyl (C=O) groups is 1. The summed E-state index contributed by atoms with van der Waals surface area (Å²) in [5.41, 5.74) is 4.93. The second-order valence-corrected chi connectivity index (χ2v) is 7.13. The molecule has 0 radical (unpaired) electrons. The summed E-state index contributed by atoms with van der Waals surface area (Å²) in [6.45, 7) is 1.04. The highest BCUT2D eigenvalue weighted by Crippen LogP contribution is 2.23. The number of aromatic amines is 1. The molecule has 0 fully saturated rings. The zero-order valence-electron chi connectivity index (χ0n) is 16.0. The number of amides is 1. The second-order valence-electron chi connectivity index (χ2n) is 7.13. The van der Waals surface area contributed by atoms with E-state index in [0.29, 0.717) is 18.8 Å². The van der Waals surface area contributed by atoms with Gasteiger partial charge in [0.05, 0.1) is 25.0 Å². The largest absolute Gasteiger partial charge is 0.334 e. The average molecular weight is 376 g/mol. The van der Waals surface area contributed by atoms with E-state index in [2.05, 4.69) is 20.5 Å². The van der Waals surface area contributed by atoms with E-state index in [4.69, 9.17) is 0 Å². The lowest BCUT2D eigenvalue weighted by molar-refractivity contribution is 0.0777. The average Bonchev–Trinajstić information content (AvgIpc) is 3.36. The minimum absolute atomic E-state index is 0.147. The van der Waals surface area contributed by atoms with E-state index in [9.17, 15) is 4.79 Å². The van der Waals surface area contributed by atoms with Gasteiger partial charge < -0.3 is 4.90 Å². The lowest BCUT2D eigenvalue weighted by Crippen LogP contribution is -2.27. The molecule has 3 aromatic rings. The van der Waals surface area contributed by atoms with Crippen LogP contribution < -0.4 is 0 Å². The van der Waals surface area contributed by atoms with Crippen molar-refractivity contribution in [1.82, 2.24) is 30.1 Å². The summed E-state index contributed by atoms with van der Waals surface area (Å²) in [6, 6.07) is 10.1. The van der Waals surface area contributed by atoms with Crippen LogP contribution in [0.5, 0.6) is 0 Å². The van der Waals surface area contributed by atoms with Crippen molar-refractivity contribution in [2.24, 2.45) is 0 Å². The molecule has 28 heavy (non-hydrogen) atoms. The molecule has 4 rings (SSSR count). The van der Waals surface area contributed by atoms with E-state index in [0.717, 1.165) is 24.1 Å². The fourth-order valence-corrected chi connectivity index (χ4v) is 3.52. The number of allylic oxidation sites excluding steroid dienone is 1. The predicted molar refractivity (Wildman–Crippen MR) is 107 cm³/mol. The third-order valence-electron chi connectivity index (χ3n) is 5.04. The maximum atomic E-state index is 12.7. The molecular weight excluding hydrogens is 352 g/mol. The summed E-state index contributed by atoms with van der Waals surface area (Å²) in [5, 5.41) is 15.6.